The van der Waals surface area contributed by atoms with Gasteiger partial charge < -0.3 is 4.74 Å². The van der Waals surface area contributed by atoms with Crippen LogP contribution < -0.4 is 4.74 Å². The predicted octanol–water partition coefficient (Wildman–Crippen LogP) is 4.86. The first-order valence-corrected chi connectivity index (χ1v) is 6.65. The van der Waals surface area contributed by atoms with Gasteiger partial charge in [0.25, 0.3) is 0 Å². The summed E-state index contributed by atoms with van der Waals surface area (Å²) in [5, 5.41) is 0. The lowest BCUT2D eigenvalue weighted by molar-refractivity contribution is 0.337. The number of hydrogen-bond donors (Lipinski definition) is 0. The minimum atomic E-state index is 0.496. The fourth-order valence-corrected chi connectivity index (χ4v) is 2.63. The topological polar surface area (TPSA) is 9.23 Å². The molecule has 0 aliphatic rings. The molecule has 0 radical (unpaired) electrons. The molecule has 4 heteroatoms. The van der Waals surface area contributed by atoms with Crippen LogP contribution in [0, 0.1) is 0 Å². The van der Waals surface area contributed by atoms with Crippen molar-refractivity contribution in [3.8, 4) is 5.75 Å². The third-order valence-corrected chi connectivity index (χ3v) is 2.94. The minimum Gasteiger partial charge on any atom is -0.492 e. The van der Waals surface area contributed by atoms with E-state index in [1.165, 1.54) is 0 Å². The van der Waals surface area contributed by atoms with Crippen molar-refractivity contribution >= 4 is 49.5 Å². The van der Waals surface area contributed by atoms with Crippen LogP contribution in [-0.4, -0.2) is 12.5 Å². The average Bonchev–Trinajstić information content (AvgIpc) is 2.19. The number of benzene rings is 1. The number of rotatable bonds is 4. The van der Waals surface area contributed by atoms with Gasteiger partial charge in [0.2, 0.25) is 0 Å². The Labute approximate surface area is 112 Å². The maximum Gasteiger partial charge on any atom is 0.140 e. The van der Waals surface area contributed by atoms with Crippen molar-refractivity contribution in [2.24, 2.45) is 0 Å². The second-order valence-corrected chi connectivity index (χ2v) is 4.87. The van der Waals surface area contributed by atoms with Gasteiger partial charge in [-0.15, -0.1) is 11.6 Å². The van der Waals surface area contributed by atoms with E-state index < -0.39 is 0 Å². The van der Waals surface area contributed by atoms with Crippen molar-refractivity contribution in [3.05, 3.63) is 32.7 Å². The molecule has 82 valence electrons. The molecule has 0 N–H and O–H groups in total. The molecule has 1 aromatic rings. The second kappa shape index (κ2) is 6.56. The highest BCUT2D eigenvalue weighted by molar-refractivity contribution is 9.11. The van der Waals surface area contributed by atoms with Gasteiger partial charge in [0.1, 0.15) is 5.75 Å². The zero-order chi connectivity index (χ0) is 11.3. The van der Waals surface area contributed by atoms with E-state index in [4.69, 9.17) is 16.3 Å². The SMILES string of the molecule is CCOc1c(Br)cc(Br)cc1C=CCCl. The molecule has 0 atom stereocenters. The van der Waals surface area contributed by atoms with E-state index in [-0.39, 0.29) is 0 Å². The Morgan fingerprint density at radius 1 is 1.40 bits per heavy atom. The number of alkyl halides is 1. The van der Waals surface area contributed by atoms with Crippen molar-refractivity contribution < 1.29 is 4.74 Å². The minimum absolute atomic E-state index is 0.496. The summed E-state index contributed by atoms with van der Waals surface area (Å²) in [5.74, 6) is 1.34. The first-order valence-electron chi connectivity index (χ1n) is 4.53. The Balaban J connectivity index is 3.14. The smallest absolute Gasteiger partial charge is 0.140 e. The molecule has 0 amide bonds. The van der Waals surface area contributed by atoms with Crippen LogP contribution in [-0.2, 0) is 0 Å². The number of halogens is 3. The van der Waals surface area contributed by atoms with Gasteiger partial charge in [0, 0.05) is 15.9 Å². The quantitative estimate of drug-likeness (QED) is 0.702. The van der Waals surface area contributed by atoms with Crippen LogP contribution in [0.1, 0.15) is 12.5 Å². The molecular formula is C11H11Br2ClO. The van der Waals surface area contributed by atoms with Gasteiger partial charge in [0.15, 0.2) is 0 Å². The van der Waals surface area contributed by atoms with Crippen LogP contribution >= 0.6 is 43.5 Å². The summed E-state index contributed by atoms with van der Waals surface area (Å²) < 4.78 is 7.50. The molecule has 1 nitrogen and oxygen atoms in total. The standard InChI is InChI=1S/C11H11Br2ClO/c1-2-15-11-8(4-3-5-14)6-9(12)7-10(11)13/h3-4,6-7H,2,5H2,1H3. The Morgan fingerprint density at radius 2 is 2.13 bits per heavy atom. The molecule has 0 saturated heterocycles. The largest absolute Gasteiger partial charge is 0.492 e. The van der Waals surface area contributed by atoms with Crippen LogP contribution in [0.15, 0.2) is 27.2 Å². The van der Waals surface area contributed by atoms with Gasteiger partial charge in [-0.1, -0.05) is 28.1 Å². The molecular weight excluding hydrogens is 343 g/mol. The van der Waals surface area contributed by atoms with Crippen LogP contribution in [0.3, 0.4) is 0 Å². The van der Waals surface area contributed by atoms with Gasteiger partial charge >= 0.3 is 0 Å². The second-order valence-electron chi connectivity index (χ2n) is 2.80. The molecule has 0 heterocycles. The summed E-state index contributed by atoms with van der Waals surface area (Å²) in [6.07, 6.45) is 3.84. The molecule has 0 aromatic heterocycles. The number of allylic oxidation sites excluding steroid dienone is 1. The summed E-state index contributed by atoms with van der Waals surface area (Å²) in [6, 6.07) is 3.96. The zero-order valence-electron chi connectivity index (χ0n) is 8.27. The summed E-state index contributed by atoms with van der Waals surface area (Å²) in [4.78, 5) is 0. The predicted molar refractivity (Wildman–Crippen MR) is 72.8 cm³/mol. The third kappa shape index (κ3) is 3.82. The van der Waals surface area contributed by atoms with Crippen molar-refractivity contribution in [1.82, 2.24) is 0 Å². The van der Waals surface area contributed by atoms with Crippen LogP contribution in [0.25, 0.3) is 6.08 Å². The van der Waals surface area contributed by atoms with Gasteiger partial charge in [-0.05, 0) is 35.0 Å². The molecule has 0 unspecified atom stereocenters. The zero-order valence-corrected chi connectivity index (χ0v) is 12.2. The van der Waals surface area contributed by atoms with E-state index in [1.807, 2.05) is 31.2 Å². The fourth-order valence-electron chi connectivity index (χ4n) is 1.17. The van der Waals surface area contributed by atoms with Crippen molar-refractivity contribution in [1.29, 1.82) is 0 Å². The monoisotopic (exact) mass is 352 g/mol. The fraction of sp³-hybridized carbons (Fsp3) is 0.273. The first kappa shape index (κ1) is 13.1. The Bertz CT molecular complexity index is 364. The Kier molecular flexibility index (Phi) is 5.72. The summed E-state index contributed by atoms with van der Waals surface area (Å²) in [6.45, 7) is 2.60. The summed E-state index contributed by atoms with van der Waals surface area (Å²) in [5.41, 5.74) is 1.01. The Morgan fingerprint density at radius 3 is 2.73 bits per heavy atom. The molecule has 1 rings (SSSR count). The lowest BCUT2D eigenvalue weighted by atomic mass is 10.2. The van der Waals surface area contributed by atoms with E-state index in [0.717, 1.165) is 20.3 Å². The molecule has 0 aliphatic heterocycles. The maximum atomic E-state index is 5.61. The highest BCUT2D eigenvalue weighted by Crippen LogP contribution is 2.33. The van der Waals surface area contributed by atoms with Crippen molar-refractivity contribution in [3.63, 3.8) is 0 Å². The van der Waals surface area contributed by atoms with Crippen LogP contribution in [0.5, 0.6) is 5.75 Å². The highest BCUT2D eigenvalue weighted by Gasteiger charge is 2.07. The van der Waals surface area contributed by atoms with Crippen LogP contribution in [0.2, 0.25) is 0 Å². The summed E-state index contributed by atoms with van der Waals surface area (Å²) in [7, 11) is 0. The number of ether oxygens (including phenoxy) is 1. The maximum absolute atomic E-state index is 5.61. The highest BCUT2D eigenvalue weighted by atomic mass is 79.9. The van der Waals surface area contributed by atoms with E-state index >= 15 is 0 Å². The van der Waals surface area contributed by atoms with E-state index in [0.29, 0.717) is 12.5 Å². The van der Waals surface area contributed by atoms with E-state index in [9.17, 15) is 0 Å². The normalized spacial score (nSPS) is 10.9. The molecule has 15 heavy (non-hydrogen) atoms. The molecule has 0 fully saturated rings. The van der Waals surface area contributed by atoms with Crippen molar-refractivity contribution in [2.75, 3.05) is 12.5 Å². The van der Waals surface area contributed by atoms with Gasteiger partial charge in [-0.3, -0.25) is 0 Å². The lowest BCUT2D eigenvalue weighted by Gasteiger charge is -2.10. The summed E-state index contributed by atoms with van der Waals surface area (Å²) >= 11 is 12.5. The van der Waals surface area contributed by atoms with Gasteiger partial charge in [-0.25, -0.2) is 0 Å². The molecule has 0 bridgehead atoms. The molecule has 0 saturated carbocycles. The molecule has 0 aliphatic carbocycles. The van der Waals surface area contributed by atoms with Crippen molar-refractivity contribution in [2.45, 2.75) is 6.92 Å². The van der Waals surface area contributed by atoms with E-state index in [2.05, 4.69) is 31.9 Å². The third-order valence-electron chi connectivity index (χ3n) is 1.71. The average molecular weight is 354 g/mol. The Hall–Kier alpha value is 0.01000. The van der Waals surface area contributed by atoms with E-state index in [1.54, 1.807) is 0 Å². The molecule has 1 aromatic carbocycles. The first-order chi connectivity index (χ1) is 7.19. The van der Waals surface area contributed by atoms with Gasteiger partial charge in [-0.2, -0.15) is 0 Å². The van der Waals surface area contributed by atoms with Crippen LogP contribution in [0.4, 0.5) is 0 Å². The number of hydrogen-bond acceptors (Lipinski definition) is 1. The van der Waals surface area contributed by atoms with Gasteiger partial charge in [0.05, 0.1) is 11.1 Å². The lowest BCUT2D eigenvalue weighted by Crippen LogP contribution is -1.95. The molecule has 0 spiro atoms.